The number of benzene rings is 2. The average Bonchev–Trinajstić information content (AvgIpc) is 2.47. The molecule has 2 aromatic carbocycles. The van der Waals surface area contributed by atoms with E-state index in [-0.39, 0.29) is 10.5 Å². The molecule has 0 bridgehead atoms. The van der Waals surface area contributed by atoms with Gasteiger partial charge in [-0.15, -0.1) is 0 Å². The van der Waals surface area contributed by atoms with Crippen LogP contribution in [0.25, 0.3) is 0 Å². The van der Waals surface area contributed by atoms with Crippen molar-refractivity contribution in [2.24, 2.45) is 0 Å². The number of nitro groups is 1. The van der Waals surface area contributed by atoms with Gasteiger partial charge >= 0.3 is 5.69 Å². The van der Waals surface area contributed by atoms with Gasteiger partial charge in [-0.2, -0.15) is 0 Å². The first-order valence-electron chi connectivity index (χ1n) is 5.89. The predicted molar refractivity (Wildman–Crippen MR) is 71.8 cm³/mol. The zero-order valence-corrected chi connectivity index (χ0v) is 11.5. The van der Waals surface area contributed by atoms with Gasteiger partial charge in [0.05, 0.1) is 15.4 Å². The molecule has 0 radical (unpaired) electrons. The van der Waals surface area contributed by atoms with Crippen LogP contribution in [0.3, 0.4) is 0 Å². The molecule has 2 aromatic rings. The Balaban J connectivity index is 2.55. The van der Waals surface area contributed by atoms with Crippen molar-refractivity contribution in [2.75, 3.05) is 0 Å². The lowest BCUT2D eigenvalue weighted by Gasteiger charge is -2.19. The van der Waals surface area contributed by atoms with E-state index in [0.29, 0.717) is 6.07 Å². The van der Waals surface area contributed by atoms with Crippen molar-refractivity contribution in [1.82, 2.24) is 0 Å². The standard InChI is InChI=1S/C13H7NO7S/c15-8-5-7-11(16)6-3-1-2-4-9(6)22(20,21)13(7)10(12(8)17)14(18)19/h1-5,15,17H. The number of hydrogen-bond donors (Lipinski definition) is 2. The third kappa shape index (κ3) is 1.62. The summed E-state index contributed by atoms with van der Waals surface area (Å²) in [5.74, 6) is -2.91. The number of nitro benzene ring substituents is 1. The molecule has 22 heavy (non-hydrogen) atoms. The first-order valence-corrected chi connectivity index (χ1v) is 7.37. The number of fused-ring (bicyclic) bond motifs is 2. The Kier molecular flexibility index (Phi) is 2.72. The van der Waals surface area contributed by atoms with Crippen LogP contribution in [0, 0.1) is 10.1 Å². The average molecular weight is 321 g/mol. The molecule has 9 heteroatoms. The van der Waals surface area contributed by atoms with E-state index in [1.165, 1.54) is 18.2 Å². The van der Waals surface area contributed by atoms with Crippen molar-refractivity contribution >= 4 is 21.3 Å². The van der Waals surface area contributed by atoms with E-state index in [4.69, 9.17) is 0 Å². The Morgan fingerprint density at radius 1 is 1.09 bits per heavy atom. The summed E-state index contributed by atoms with van der Waals surface area (Å²) in [5, 5.41) is 30.3. The lowest BCUT2D eigenvalue weighted by atomic mass is 10.0. The number of ketones is 1. The van der Waals surface area contributed by atoms with Crippen molar-refractivity contribution in [2.45, 2.75) is 9.79 Å². The van der Waals surface area contributed by atoms with Crippen LogP contribution in [-0.4, -0.2) is 29.3 Å². The van der Waals surface area contributed by atoms with Crippen LogP contribution >= 0.6 is 0 Å². The number of nitrogens with zero attached hydrogens (tertiary/aromatic N) is 1. The summed E-state index contributed by atoms with van der Waals surface area (Å²) in [6.07, 6.45) is 0. The molecule has 112 valence electrons. The zero-order chi connectivity index (χ0) is 16.2. The highest BCUT2D eigenvalue weighted by Gasteiger charge is 2.43. The van der Waals surface area contributed by atoms with Crippen LogP contribution < -0.4 is 0 Å². The topological polar surface area (TPSA) is 135 Å². The molecular formula is C13H7NO7S. The Morgan fingerprint density at radius 3 is 2.36 bits per heavy atom. The van der Waals surface area contributed by atoms with E-state index in [0.717, 1.165) is 6.07 Å². The molecule has 0 fully saturated rings. The number of carbonyl (C=O) groups is 1. The number of aromatic hydroxyl groups is 2. The maximum atomic E-state index is 12.6. The molecule has 0 saturated heterocycles. The van der Waals surface area contributed by atoms with E-state index in [9.17, 15) is 33.5 Å². The molecule has 3 rings (SSSR count). The van der Waals surface area contributed by atoms with Crippen molar-refractivity contribution in [1.29, 1.82) is 0 Å². The first-order chi connectivity index (χ1) is 10.3. The number of rotatable bonds is 1. The Morgan fingerprint density at radius 2 is 1.73 bits per heavy atom. The van der Waals surface area contributed by atoms with Crippen LogP contribution in [0.2, 0.25) is 0 Å². The minimum Gasteiger partial charge on any atom is -0.504 e. The first kappa shape index (κ1) is 14.0. The summed E-state index contributed by atoms with van der Waals surface area (Å²) < 4.78 is 25.2. The third-order valence-electron chi connectivity index (χ3n) is 3.32. The van der Waals surface area contributed by atoms with Gasteiger partial charge in [-0.1, -0.05) is 12.1 Å². The minimum atomic E-state index is -4.38. The van der Waals surface area contributed by atoms with Gasteiger partial charge in [-0.3, -0.25) is 14.9 Å². The molecule has 1 heterocycles. The molecule has 0 spiro atoms. The fourth-order valence-corrected chi connectivity index (χ4v) is 4.18. The largest absolute Gasteiger partial charge is 0.504 e. The van der Waals surface area contributed by atoms with Gasteiger partial charge in [0.2, 0.25) is 15.6 Å². The molecule has 8 nitrogen and oxygen atoms in total. The quantitative estimate of drug-likeness (QED) is 0.392. The van der Waals surface area contributed by atoms with Crippen molar-refractivity contribution in [3.8, 4) is 11.5 Å². The number of phenols is 2. The van der Waals surface area contributed by atoms with Crippen molar-refractivity contribution in [3.05, 3.63) is 51.6 Å². The zero-order valence-electron chi connectivity index (χ0n) is 10.7. The normalized spacial score (nSPS) is 15.0. The van der Waals surface area contributed by atoms with Gasteiger partial charge in [0.1, 0.15) is 0 Å². The maximum Gasteiger partial charge on any atom is 0.334 e. The summed E-state index contributed by atoms with van der Waals surface area (Å²) in [4.78, 5) is 21.0. The Hall–Kier alpha value is -2.94. The molecule has 0 unspecified atom stereocenters. The molecule has 1 aliphatic heterocycles. The van der Waals surface area contributed by atoms with E-state index in [1.807, 2.05) is 0 Å². The molecule has 2 N–H and O–H groups in total. The van der Waals surface area contributed by atoms with Gasteiger partial charge in [0.25, 0.3) is 0 Å². The number of hydrogen-bond acceptors (Lipinski definition) is 7. The van der Waals surface area contributed by atoms with E-state index < -0.39 is 48.2 Å². The summed E-state index contributed by atoms with van der Waals surface area (Å²) in [7, 11) is -4.38. The summed E-state index contributed by atoms with van der Waals surface area (Å²) in [6, 6.07) is 5.97. The number of sulfone groups is 1. The van der Waals surface area contributed by atoms with Gasteiger partial charge < -0.3 is 10.2 Å². The fourth-order valence-electron chi connectivity index (χ4n) is 2.38. The van der Waals surface area contributed by atoms with Crippen LogP contribution in [-0.2, 0) is 9.84 Å². The van der Waals surface area contributed by atoms with Gasteiger partial charge in [-0.05, 0) is 18.2 Å². The number of carbonyl (C=O) groups excluding carboxylic acids is 1. The van der Waals surface area contributed by atoms with E-state index in [2.05, 4.69) is 0 Å². The van der Waals surface area contributed by atoms with Crippen molar-refractivity contribution < 1.29 is 28.3 Å². The smallest absolute Gasteiger partial charge is 0.334 e. The highest BCUT2D eigenvalue weighted by atomic mass is 32.2. The summed E-state index contributed by atoms with van der Waals surface area (Å²) in [5.41, 5.74) is -1.90. The lowest BCUT2D eigenvalue weighted by Crippen LogP contribution is -2.21. The molecule has 1 aliphatic rings. The molecular weight excluding hydrogens is 314 g/mol. The van der Waals surface area contributed by atoms with Crippen LogP contribution in [0.4, 0.5) is 5.69 Å². The highest BCUT2D eigenvalue weighted by molar-refractivity contribution is 7.92. The van der Waals surface area contributed by atoms with Gasteiger partial charge in [0, 0.05) is 5.56 Å². The van der Waals surface area contributed by atoms with Gasteiger partial charge in [0.15, 0.2) is 16.4 Å². The monoisotopic (exact) mass is 321 g/mol. The Labute approximate surface area is 123 Å². The van der Waals surface area contributed by atoms with Crippen molar-refractivity contribution in [3.63, 3.8) is 0 Å². The minimum absolute atomic E-state index is 0.144. The second-order valence-corrected chi connectivity index (χ2v) is 6.41. The maximum absolute atomic E-state index is 12.6. The van der Waals surface area contributed by atoms with Crippen LogP contribution in [0.15, 0.2) is 40.1 Å². The lowest BCUT2D eigenvalue weighted by molar-refractivity contribution is -0.389. The summed E-state index contributed by atoms with van der Waals surface area (Å²) >= 11 is 0. The van der Waals surface area contributed by atoms with Gasteiger partial charge in [-0.25, -0.2) is 8.42 Å². The van der Waals surface area contributed by atoms with Crippen LogP contribution in [0.1, 0.15) is 15.9 Å². The number of phenolic OH excluding ortho intramolecular Hbond substituents is 2. The Bertz CT molecular complexity index is 963. The second-order valence-electron chi connectivity index (χ2n) is 4.56. The van der Waals surface area contributed by atoms with E-state index in [1.54, 1.807) is 0 Å². The second kappa shape index (κ2) is 4.28. The molecule has 0 aromatic heterocycles. The van der Waals surface area contributed by atoms with E-state index >= 15 is 0 Å². The highest BCUT2D eigenvalue weighted by Crippen LogP contribution is 2.47. The van der Waals surface area contributed by atoms with Crippen LogP contribution in [0.5, 0.6) is 11.5 Å². The molecule has 0 saturated carbocycles. The third-order valence-corrected chi connectivity index (χ3v) is 5.21. The molecule has 0 atom stereocenters. The fraction of sp³-hybridized carbons (Fsp3) is 0. The summed E-state index contributed by atoms with van der Waals surface area (Å²) in [6.45, 7) is 0. The molecule has 0 amide bonds. The SMILES string of the molecule is O=C1c2ccccc2S(=O)(=O)c2c1cc(O)c(O)c2[N+](=O)[O-]. The predicted octanol–water partition coefficient (Wildman–Crippen LogP) is 1.38. The molecule has 0 aliphatic carbocycles.